The van der Waals surface area contributed by atoms with Crippen molar-refractivity contribution in [1.29, 1.82) is 0 Å². The molecule has 100 valence electrons. The number of hydrogen-bond donors (Lipinski definition) is 2. The Hall–Kier alpha value is -1.73. The largest absolute Gasteiger partial charge is 0.481 e. The van der Waals surface area contributed by atoms with Crippen molar-refractivity contribution in [3.05, 3.63) is 17.2 Å². The van der Waals surface area contributed by atoms with Gasteiger partial charge in [0, 0.05) is 12.8 Å². The third-order valence-corrected chi connectivity index (χ3v) is 3.29. The third kappa shape index (κ3) is 3.39. The normalized spacial score (nSPS) is 10.6. The van der Waals surface area contributed by atoms with Crippen LogP contribution in [-0.2, 0) is 9.59 Å². The summed E-state index contributed by atoms with van der Waals surface area (Å²) in [4.78, 5) is 22.1. The van der Waals surface area contributed by atoms with E-state index in [2.05, 4.69) is 14.1 Å². The molecule has 8 heteroatoms. The lowest BCUT2D eigenvalue weighted by Gasteiger charge is -2.07. The molecule has 1 heterocycles. The molecule has 2 rings (SSSR count). The summed E-state index contributed by atoms with van der Waals surface area (Å²) in [5, 5.41) is 11.5. The van der Waals surface area contributed by atoms with E-state index in [0.29, 0.717) is 21.7 Å². The summed E-state index contributed by atoms with van der Waals surface area (Å²) in [6, 6.07) is 3.36. The van der Waals surface area contributed by atoms with Crippen LogP contribution >= 0.6 is 23.3 Å². The molecule has 1 aromatic heterocycles. The Bertz CT molecular complexity index is 629. The van der Waals surface area contributed by atoms with Gasteiger partial charge in [-0.05, 0) is 18.6 Å². The predicted octanol–water partition coefficient (Wildman–Crippen LogP) is 2.54. The number of carbonyl (C=O) groups is 2. The van der Waals surface area contributed by atoms with E-state index < -0.39 is 5.97 Å². The summed E-state index contributed by atoms with van der Waals surface area (Å²) in [6.45, 7) is 0. The van der Waals surface area contributed by atoms with Gasteiger partial charge < -0.3 is 10.4 Å². The first kappa shape index (κ1) is 13.7. The number of hydrogen-bond acceptors (Lipinski definition) is 5. The van der Waals surface area contributed by atoms with E-state index in [4.69, 9.17) is 16.7 Å². The van der Waals surface area contributed by atoms with E-state index in [1.54, 1.807) is 12.1 Å². The summed E-state index contributed by atoms with van der Waals surface area (Å²) >= 11 is 7.05. The molecule has 0 atom stereocenters. The second-order valence-corrected chi connectivity index (χ2v) is 4.79. The monoisotopic (exact) mass is 299 g/mol. The molecule has 0 radical (unpaired) electrons. The number of rotatable bonds is 5. The van der Waals surface area contributed by atoms with Crippen LogP contribution in [0.5, 0.6) is 0 Å². The van der Waals surface area contributed by atoms with Crippen LogP contribution in [0.4, 0.5) is 5.69 Å². The number of aliphatic carboxylic acids is 1. The van der Waals surface area contributed by atoms with Gasteiger partial charge in [0.05, 0.1) is 22.4 Å². The number of carbonyl (C=O) groups excluding carboxylic acids is 1. The smallest absolute Gasteiger partial charge is 0.303 e. The molecule has 0 aliphatic carbocycles. The van der Waals surface area contributed by atoms with Crippen LogP contribution < -0.4 is 5.32 Å². The zero-order valence-electron chi connectivity index (χ0n) is 9.72. The highest BCUT2D eigenvalue weighted by Crippen LogP contribution is 2.30. The molecule has 1 amide bonds. The molecular formula is C11H10ClN3O3S. The van der Waals surface area contributed by atoms with Crippen LogP contribution in [0.25, 0.3) is 11.0 Å². The fraction of sp³-hybridized carbons (Fsp3) is 0.273. The van der Waals surface area contributed by atoms with Gasteiger partial charge in [-0.2, -0.15) is 8.75 Å². The highest BCUT2D eigenvalue weighted by molar-refractivity contribution is 7.00. The summed E-state index contributed by atoms with van der Waals surface area (Å²) < 4.78 is 8.13. The minimum atomic E-state index is -0.920. The van der Waals surface area contributed by atoms with Crippen LogP contribution in [0.1, 0.15) is 19.3 Å². The van der Waals surface area contributed by atoms with Gasteiger partial charge in [0.15, 0.2) is 0 Å². The van der Waals surface area contributed by atoms with Crippen LogP contribution in [0.2, 0.25) is 5.02 Å². The van der Waals surface area contributed by atoms with Gasteiger partial charge in [-0.3, -0.25) is 9.59 Å². The van der Waals surface area contributed by atoms with Crippen molar-refractivity contribution in [2.75, 3.05) is 5.32 Å². The molecule has 0 saturated carbocycles. The van der Waals surface area contributed by atoms with Crippen LogP contribution in [0, 0.1) is 0 Å². The SMILES string of the molecule is O=C(O)CCCC(=O)Nc1c(Cl)ccc2nsnc12. The number of aromatic nitrogens is 2. The molecule has 0 saturated heterocycles. The lowest BCUT2D eigenvalue weighted by atomic mass is 10.2. The predicted molar refractivity (Wildman–Crippen MR) is 72.5 cm³/mol. The Kier molecular flexibility index (Phi) is 4.28. The second kappa shape index (κ2) is 5.94. The van der Waals surface area contributed by atoms with Gasteiger partial charge in [-0.25, -0.2) is 0 Å². The Morgan fingerprint density at radius 3 is 2.84 bits per heavy atom. The lowest BCUT2D eigenvalue weighted by molar-refractivity contribution is -0.137. The third-order valence-electron chi connectivity index (χ3n) is 2.44. The Morgan fingerprint density at radius 1 is 1.32 bits per heavy atom. The van der Waals surface area contributed by atoms with E-state index >= 15 is 0 Å². The maximum absolute atomic E-state index is 11.7. The molecule has 0 bridgehead atoms. The average Bonchev–Trinajstić information content (AvgIpc) is 2.81. The zero-order chi connectivity index (χ0) is 13.8. The van der Waals surface area contributed by atoms with Gasteiger partial charge in [0.25, 0.3) is 0 Å². The number of nitrogens with one attached hydrogen (secondary N) is 1. The quantitative estimate of drug-likeness (QED) is 0.885. The van der Waals surface area contributed by atoms with Crippen LogP contribution in [0.3, 0.4) is 0 Å². The summed E-state index contributed by atoms with van der Waals surface area (Å²) in [7, 11) is 0. The van der Waals surface area contributed by atoms with Gasteiger partial charge in [0.2, 0.25) is 5.91 Å². The standard InChI is InChI=1S/C11H10ClN3O3S/c12-6-4-5-7-11(15-19-14-7)10(6)13-8(16)2-1-3-9(17)18/h4-5H,1-3H2,(H,13,16)(H,17,18). The van der Waals surface area contributed by atoms with E-state index in [1.165, 1.54) is 0 Å². The topological polar surface area (TPSA) is 92.2 Å². The van der Waals surface area contributed by atoms with Crippen molar-refractivity contribution in [3.63, 3.8) is 0 Å². The van der Waals surface area contributed by atoms with Gasteiger partial charge >= 0.3 is 5.97 Å². The lowest BCUT2D eigenvalue weighted by Crippen LogP contribution is -2.12. The Morgan fingerprint density at radius 2 is 2.11 bits per heavy atom. The number of carboxylic acids is 1. The zero-order valence-corrected chi connectivity index (χ0v) is 11.3. The van der Waals surface area contributed by atoms with E-state index in [-0.39, 0.29) is 25.2 Å². The van der Waals surface area contributed by atoms with Crippen molar-refractivity contribution in [1.82, 2.24) is 8.75 Å². The minimum absolute atomic E-state index is 0.0381. The fourth-order valence-corrected chi connectivity index (χ4v) is 2.29. The van der Waals surface area contributed by atoms with Gasteiger partial charge in [-0.1, -0.05) is 11.6 Å². The minimum Gasteiger partial charge on any atom is -0.481 e. The summed E-state index contributed by atoms with van der Waals surface area (Å²) in [5.41, 5.74) is 1.63. The van der Waals surface area contributed by atoms with Gasteiger partial charge in [-0.15, -0.1) is 0 Å². The number of anilines is 1. The number of halogens is 1. The molecule has 0 aliphatic rings. The van der Waals surface area contributed by atoms with Crippen molar-refractivity contribution < 1.29 is 14.7 Å². The average molecular weight is 300 g/mol. The number of benzene rings is 1. The number of nitrogens with zero attached hydrogens (tertiary/aromatic N) is 2. The highest BCUT2D eigenvalue weighted by Gasteiger charge is 2.13. The molecule has 0 spiro atoms. The molecule has 2 N–H and O–H groups in total. The first-order valence-electron chi connectivity index (χ1n) is 5.50. The van der Waals surface area contributed by atoms with Crippen LogP contribution in [0.15, 0.2) is 12.1 Å². The molecule has 2 aromatic rings. The van der Waals surface area contributed by atoms with Crippen molar-refractivity contribution in [3.8, 4) is 0 Å². The molecular weight excluding hydrogens is 290 g/mol. The molecule has 6 nitrogen and oxygen atoms in total. The highest BCUT2D eigenvalue weighted by atomic mass is 35.5. The Balaban J connectivity index is 2.08. The Labute approximate surface area is 117 Å². The first-order valence-corrected chi connectivity index (χ1v) is 6.61. The fourth-order valence-electron chi connectivity index (χ4n) is 1.55. The molecule has 0 fully saturated rings. The maximum Gasteiger partial charge on any atom is 0.303 e. The molecule has 0 aliphatic heterocycles. The number of fused-ring (bicyclic) bond motifs is 1. The van der Waals surface area contributed by atoms with Gasteiger partial charge in [0.1, 0.15) is 11.0 Å². The number of amides is 1. The van der Waals surface area contributed by atoms with Crippen molar-refractivity contribution in [2.45, 2.75) is 19.3 Å². The summed E-state index contributed by atoms with van der Waals surface area (Å²) in [5.74, 6) is -1.21. The van der Waals surface area contributed by atoms with Crippen LogP contribution in [-0.4, -0.2) is 25.7 Å². The molecule has 0 unspecified atom stereocenters. The van der Waals surface area contributed by atoms with Crippen molar-refractivity contribution in [2.24, 2.45) is 0 Å². The first-order chi connectivity index (χ1) is 9.08. The summed E-state index contributed by atoms with van der Waals surface area (Å²) in [6.07, 6.45) is 0.365. The number of carboxylic acid groups (broad SMARTS) is 1. The van der Waals surface area contributed by atoms with E-state index in [1.807, 2.05) is 0 Å². The second-order valence-electron chi connectivity index (χ2n) is 3.85. The maximum atomic E-state index is 11.7. The molecule has 19 heavy (non-hydrogen) atoms. The van der Waals surface area contributed by atoms with Crippen molar-refractivity contribution >= 4 is 51.9 Å². The molecule has 1 aromatic carbocycles. The van der Waals surface area contributed by atoms with E-state index in [9.17, 15) is 9.59 Å². The van der Waals surface area contributed by atoms with E-state index in [0.717, 1.165) is 11.7 Å².